The summed E-state index contributed by atoms with van der Waals surface area (Å²) in [7, 11) is 1.57. The van der Waals surface area contributed by atoms with Gasteiger partial charge in [0.1, 0.15) is 11.8 Å². The van der Waals surface area contributed by atoms with Crippen LogP contribution in [0.5, 0.6) is 5.75 Å². The Morgan fingerprint density at radius 2 is 1.67 bits per heavy atom. The number of methoxy groups -OCH3 is 1. The maximum Gasteiger partial charge on any atom is 0.416 e. The van der Waals surface area contributed by atoms with Crippen LogP contribution in [0.4, 0.5) is 18.9 Å². The van der Waals surface area contributed by atoms with Gasteiger partial charge < -0.3 is 20.7 Å². The molecule has 3 aromatic rings. The van der Waals surface area contributed by atoms with Crippen LogP contribution in [-0.2, 0) is 17.4 Å². The van der Waals surface area contributed by atoms with Crippen LogP contribution in [-0.4, -0.2) is 38.1 Å². The molecular weight excluding hydrogens is 471 g/mol. The van der Waals surface area contributed by atoms with Crippen LogP contribution in [0.2, 0.25) is 0 Å². The molecular formula is C27H28F3N3O3. The molecule has 3 aromatic carbocycles. The molecule has 9 heteroatoms. The molecule has 0 aromatic heterocycles. The number of anilines is 1. The van der Waals surface area contributed by atoms with Crippen LogP contribution >= 0.6 is 0 Å². The number of hydrogen-bond donors (Lipinski definition) is 3. The first kappa shape index (κ1) is 26.6. The van der Waals surface area contributed by atoms with Crippen molar-refractivity contribution in [1.29, 1.82) is 0 Å². The van der Waals surface area contributed by atoms with Crippen molar-refractivity contribution in [1.82, 2.24) is 10.6 Å². The smallest absolute Gasteiger partial charge is 0.416 e. The molecule has 0 aliphatic heterocycles. The van der Waals surface area contributed by atoms with E-state index in [1.54, 1.807) is 37.4 Å². The molecule has 0 saturated heterocycles. The molecule has 0 unspecified atom stereocenters. The Hall–Kier alpha value is -4.01. The van der Waals surface area contributed by atoms with Gasteiger partial charge in [0.15, 0.2) is 0 Å². The average Bonchev–Trinajstić information content (AvgIpc) is 2.86. The number of aryl methyl sites for hydroxylation is 1. The maximum atomic E-state index is 13.2. The van der Waals surface area contributed by atoms with Gasteiger partial charge in [-0.25, -0.2) is 0 Å². The molecule has 190 valence electrons. The second-order valence-corrected chi connectivity index (χ2v) is 8.24. The van der Waals surface area contributed by atoms with Crippen molar-refractivity contribution < 1.29 is 27.5 Å². The van der Waals surface area contributed by atoms with Gasteiger partial charge in [-0.2, -0.15) is 13.2 Å². The summed E-state index contributed by atoms with van der Waals surface area (Å²) >= 11 is 0. The quantitative estimate of drug-likeness (QED) is 0.357. The fraction of sp³-hybridized carbons (Fsp3) is 0.259. The lowest BCUT2D eigenvalue weighted by atomic mass is 10.0. The first-order chi connectivity index (χ1) is 17.2. The molecule has 36 heavy (non-hydrogen) atoms. The normalized spacial score (nSPS) is 11.9. The van der Waals surface area contributed by atoms with Gasteiger partial charge in [-0.15, -0.1) is 0 Å². The van der Waals surface area contributed by atoms with Crippen molar-refractivity contribution in [3.05, 3.63) is 95.1 Å². The number of nitrogens with one attached hydrogen (secondary N) is 3. The number of alkyl halides is 3. The van der Waals surface area contributed by atoms with E-state index in [1.165, 1.54) is 12.1 Å². The van der Waals surface area contributed by atoms with Crippen molar-refractivity contribution in [2.75, 3.05) is 25.5 Å². The van der Waals surface area contributed by atoms with Gasteiger partial charge >= 0.3 is 6.18 Å². The van der Waals surface area contributed by atoms with E-state index in [0.29, 0.717) is 12.1 Å². The Labute approximate surface area is 207 Å². The SMILES string of the molecule is COc1ccc(NCCNC(=O)[C@H](Cc2cccc(C(F)(F)F)c2)NC(=O)c2cccc(C)c2)cc1. The molecule has 1 atom stereocenters. The van der Waals surface area contributed by atoms with Crippen molar-refractivity contribution in [2.45, 2.75) is 25.6 Å². The van der Waals surface area contributed by atoms with E-state index in [9.17, 15) is 22.8 Å². The largest absolute Gasteiger partial charge is 0.497 e. The molecule has 0 bridgehead atoms. The van der Waals surface area contributed by atoms with Gasteiger partial charge in [0.25, 0.3) is 5.91 Å². The molecule has 3 N–H and O–H groups in total. The standard InChI is InChI=1S/C27H28F3N3O3/c1-18-5-3-7-20(15-18)25(34)33-24(17-19-6-4-8-21(16-19)27(28,29)30)26(35)32-14-13-31-22-9-11-23(36-2)12-10-22/h3-12,15-16,24,31H,13-14,17H2,1-2H3,(H,32,35)(H,33,34)/t24-/m0/s1. The number of rotatable bonds is 10. The molecule has 2 amide bonds. The zero-order chi connectivity index (χ0) is 26.1. The lowest BCUT2D eigenvalue weighted by molar-refractivity contribution is -0.137. The van der Waals surface area contributed by atoms with Crippen molar-refractivity contribution in [3.63, 3.8) is 0 Å². The van der Waals surface area contributed by atoms with Gasteiger partial charge in [0, 0.05) is 30.8 Å². The highest BCUT2D eigenvalue weighted by Gasteiger charge is 2.31. The predicted molar refractivity (Wildman–Crippen MR) is 132 cm³/mol. The third-order valence-corrected chi connectivity index (χ3v) is 5.44. The van der Waals surface area contributed by atoms with E-state index >= 15 is 0 Å². The Morgan fingerprint density at radius 3 is 2.33 bits per heavy atom. The minimum absolute atomic E-state index is 0.0980. The van der Waals surface area contributed by atoms with Crippen molar-refractivity contribution in [2.24, 2.45) is 0 Å². The fourth-order valence-electron chi connectivity index (χ4n) is 3.57. The molecule has 0 aliphatic carbocycles. The van der Waals surface area contributed by atoms with E-state index in [2.05, 4.69) is 16.0 Å². The monoisotopic (exact) mass is 499 g/mol. The number of carbonyl (C=O) groups excluding carboxylic acids is 2. The summed E-state index contributed by atoms with van der Waals surface area (Å²) in [5, 5.41) is 8.57. The minimum atomic E-state index is -4.51. The third-order valence-electron chi connectivity index (χ3n) is 5.44. The number of amides is 2. The van der Waals surface area contributed by atoms with Gasteiger partial charge in [-0.3, -0.25) is 9.59 Å². The lowest BCUT2D eigenvalue weighted by Gasteiger charge is -2.20. The zero-order valence-corrected chi connectivity index (χ0v) is 20.0. The Bertz CT molecular complexity index is 1180. The minimum Gasteiger partial charge on any atom is -0.497 e. The highest BCUT2D eigenvalue weighted by atomic mass is 19.4. The van der Waals surface area contributed by atoms with E-state index in [0.717, 1.165) is 29.1 Å². The maximum absolute atomic E-state index is 13.2. The Morgan fingerprint density at radius 1 is 0.944 bits per heavy atom. The summed E-state index contributed by atoms with van der Waals surface area (Å²) in [5.74, 6) is -0.261. The lowest BCUT2D eigenvalue weighted by Crippen LogP contribution is -2.48. The topological polar surface area (TPSA) is 79.5 Å². The summed E-state index contributed by atoms with van der Waals surface area (Å²) in [4.78, 5) is 25.8. The number of ether oxygens (including phenoxy) is 1. The fourth-order valence-corrected chi connectivity index (χ4v) is 3.57. The number of halogens is 3. The van der Waals surface area contributed by atoms with Crippen LogP contribution in [0.15, 0.2) is 72.8 Å². The predicted octanol–water partition coefficient (Wildman–Crippen LogP) is 4.59. The van der Waals surface area contributed by atoms with E-state index in [-0.39, 0.29) is 18.5 Å². The molecule has 0 spiro atoms. The number of benzene rings is 3. The Balaban J connectivity index is 1.67. The van der Waals surface area contributed by atoms with Gasteiger partial charge in [0.05, 0.1) is 12.7 Å². The summed E-state index contributed by atoms with van der Waals surface area (Å²) < 4.78 is 44.6. The van der Waals surface area contributed by atoms with Crippen molar-refractivity contribution >= 4 is 17.5 Å². The van der Waals surface area contributed by atoms with E-state index < -0.39 is 29.6 Å². The number of hydrogen-bond acceptors (Lipinski definition) is 4. The van der Waals surface area contributed by atoms with Crippen LogP contribution in [0.1, 0.15) is 27.0 Å². The molecule has 3 rings (SSSR count). The summed E-state index contributed by atoms with van der Waals surface area (Å²) in [6, 6.07) is 17.8. The van der Waals surface area contributed by atoms with Gasteiger partial charge in [-0.05, 0) is 55.0 Å². The zero-order valence-electron chi connectivity index (χ0n) is 20.0. The van der Waals surface area contributed by atoms with Crippen LogP contribution in [0.25, 0.3) is 0 Å². The Kier molecular flexibility index (Phi) is 8.94. The van der Waals surface area contributed by atoms with Gasteiger partial charge in [0.2, 0.25) is 5.91 Å². The summed E-state index contributed by atoms with van der Waals surface area (Å²) in [6.45, 7) is 2.48. The van der Waals surface area contributed by atoms with Crippen LogP contribution < -0.4 is 20.7 Å². The molecule has 0 aliphatic rings. The van der Waals surface area contributed by atoms with Crippen LogP contribution in [0, 0.1) is 6.92 Å². The summed E-state index contributed by atoms with van der Waals surface area (Å²) in [6.07, 6.45) is -4.61. The second-order valence-electron chi connectivity index (χ2n) is 8.24. The van der Waals surface area contributed by atoms with Gasteiger partial charge in [-0.1, -0.05) is 35.9 Å². The summed E-state index contributed by atoms with van der Waals surface area (Å²) in [5.41, 5.74) is 1.53. The highest BCUT2D eigenvalue weighted by molar-refractivity contribution is 5.97. The molecule has 0 saturated carbocycles. The highest BCUT2D eigenvalue weighted by Crippen LogP contribution is 2.29. The average molecular weight is 500 g/mol. The molecule has 0 radical (unpaired) electrons. The van der Waals surface area contributed by atoms with Crippen molar-refractivity contribution in [3.8, 4) is 5.75 Å². The molecule has 0 heterocycles. The third kappa shape index (κ3) is 7.76. The van der Waals surface area contributed by atoms with E-state index in [1.807, 2.05) is 25.1 Å². The first-order valence-corrected chi connectivity index (χ1v) is 11.3. The number of carbonyl (C=O) groups is 2. The first-order valence-electron chi connectivity index (χ1n) is 11.3. The molecule has 0 fully saturated rings. The van der Waals surface area contributed by atoms with E-state index in [4.69, 9.17) is 4.74 Å². The van der Waals surface area contributed by atoms with Crippen LogP contribution in [0.3, 0.4) is 0 Å². The molecule has 6 nitrogen and oxygen atoms in total. The second kappa shape index (κ2) is 12.1.